The maximum atomic E-state index is 12.7. The molecule has 24 heterocycles. The molecule has 16 aromatic rings. The summed E-state index contributed by atoms with van der Waals surface area (Å²) in [6, 6.07) is 9.19. The number of aromatic nitrogens is 16. The standard InChI is InChI=1S/8C13H12N4O/c8*1-8-5-7-15-12-10(8)16-13(18)9-4-3-6-14-11(9)17(12)2/h8*3-7H,1-2H3,(H,16,18)/i2*1D3,4D,5D,6D,7D;2*1D3,4D,6D,7D;2*1D3,4D,5D,6D;2*1D3,4D,6D/hD4. The number of amides is 8. The topological polar surface area (TPSA) is 465 Å². The fourth-order valence-electron chi connectivity index (χ4n) is 14.0. The summed E-state index contributed by atoms with van der Waals surface area (Å²) in [4.78, 5) is 174. The van der Waals surface area contributed by atoms with Crippen molar-refractivity contribution in [2.75, 3.05) is 138 Å². The second-order valence-electron chi connectivity index (χ2n) is 29.6. The summed E-state index contributed by atoms with van der Waals surface area (Å²) < 4.78 is 403. The summed E-state index contributed by atoms with van der Waals surface area (Å²) in [7, 11) is 11.7. The Balaban J connectivity index is 0.000000146. The lowest BCUT2D eigenvalue weighted by atomic mass is 10.2. The number of anilines is 24. The Bertz CT molecular complexity index is 10500. The van der Waals surface area contributed by atoms with Crippen LogP contribution in [-0.2, 0) is 0 Å². The molecule has 0 bridgehead atoms. The molecular formula is C104H96N32O8. The molecule has 8 N–H and O–H groups in total. The van der Waals surface area contributed by atoms with Gasteiger partial charge < -0.3 is 81.7 Å². The van der Waals surface area contributed by atoms with Gasteiger partial charge >= 0.3 is 0 Å². The number of pyridine rings is 16. The van der Waals surface area contributed by atoms with Gasteiger partial charge in [-0.15, -0.1) is 0 Å². The van der Waals surface area contributed by atoms with Crippen LogP contribution in [0.4, 0.5) is 139 Å². The Hall–Kier alpha value is -19.4. The van der Waals surface area contributed by atoms with Gasteiger partial charge in [0.1, 0.15) is 46.5 Å². The van der Waals surface area contributed by atoms with Gasteiger partial charge in [0.2, 0.25) is 0 Å². The second kappa shape index (κ2) is 41.1. The largest absolute Gasteiger partial charge is 0.318 e. The Morgan fingerprint density at radius 2 is 0.375 bits per heavy atom. The lowest BCUT2D eigenvalue weighted by Gasteiger charge is -2.18. The molecule has 0 saturated heterocycles. The average Bonchev–Trinajstić information content (AvgIpc) is 1.57. The quantitative estimate of drug-likeness (QED) is 0.0699. The van der Waals surface area contributed by atoms with E-state index >= 15 is 0 Å². The average molecular weight is 1970 g/mol. The number of nitrogens with zero attached hydrogens (tertiary/aromatic N) is 24. The summed E-state index contributed by atoms with van der Waals surface area (Å²) in [6.07, 6.45) is 1.02. The monoisotopic (exact) mass is 1970 g/mol. The van der Waals surface area contributed by atoms with Crippen LogP contribution in [0.3, 0.4) is 0 Å². The van der Waals surface area contributed by atoms with E-state index < -0.39 is 155 Å². The van der Waals surface area contributed by atoms with E-state index in [4.69, 9.17) is 71.4 Å². The van der Waals surface area contributed by atoms with E-state index in [1.807, 2.05) is 0 Å². The van der Waals surface area contributed by atoms with Crippen LogP contribution in [-0.4, -0.2) is 183 Å². The van der Waals surface area contributed by atoms with Crippen LogP contribution in [0.15, 0.2) is 244 Å². The van der Waals surface area contributed by atoms with Gasteiger partial charge in [0.25, 0.3) is 47.3 Å². The van der Waals surface area contributed by atoms with E-state index in [-0.39, 0.29) is 327 Å². The summed E-state index contributed by atoms with van der Waals surface area (Å²) in [6.45, 7) is -21.3. The van der Waals surface area contributed by atoms with E-state index in [0.717, 1.165) is 78.0 Å². The Morgan fingerprint density at radius 3 is 0.653 bits per heavy atom. The molecule has 24 rings (SSSR count). The third kappa shape index (κ3) is 19.0. The van der Waals surface area contributed by atoms with Gasteiger partial charge in [-0.1, -0.05) is 0 Å². The molecule has 720 valence electrons. The molecule has 8 aliphatic heterocycles. The fraction of sp³-hybridized carbons (Fsp3) is 0.154. The summed E-state index contributed by atoms with van der Waals surface area (Å²) in [5.74, 6) is -7.14. The molecule has 0 fully saturated rings. The van der Waals surface area contributed by atoms with Crippen molar-refractivity contribution < 1.29 is 110 Å². The van der Waals surface area contributed by atoms with Gasteiger partial charge in [-0.05, 0) is 245 Å². The van der Waals surface area contributed by atoms with Gasteiger partial charge in [0.05, 0.1) is 123 Å². The first-order valence-corrected chi connectivity index (χ1v) is 41.0. The fourth-order valence-corrected chi connectivity index (χ4v) is 14.0. The van der Waals surface area contributed by atoms with Crippen LogP contribution in [0.25, 0.3) is 0 Å². The van der Waals surface area contributed by atoms with Crippen molar-refractivity contribution >= 4 is 186 Å². The molecule has 0 unspecified atom stereocenters. The first kappa shape index (κ1) is 51.3. The maximum Gasteiger partial charge on any atom is 0.259 e. The number of hydrogen-bond donors (Lipinski definition) is 8. The molecule has 0 saturated carbocycles. The van der Waals surface area contributed by atoms with E-state index in [1.165, 1.54) is 108 Å². The van der Waals surface area contributed by atoms with Crippen molar-refractivity contribution in [3.05, 3.63) is 333 Å². The second-order valence-corrected chi connectivity index (χ2v) is 29.6. The SMILES string of the molecule is [2H]c1cc(C([2H])([2H])[2H])c2c(n1)N(C)c1nc([2H])cc([2H])c1C(=O)N2.[2H]c1cc([2H])c2c(n1)N(C)c1nc([2H])c([2H])c(C([2H])([2H])[2H])c1N([2H])C2=O.[2H]c1cc([2H])c2c(n1)N(C)c1nc([2H])c([2H])c(C([2H])([2H])[2H])c1NC2=O.[2H]c1cc([2H])c2c(n1)N(C)c1nc([2H])cc(C([2H])([2H])[2H])c1N([2H])C2=O.[2H]c1cc([2H])c2c(n1)N(C)c1ncc([2H])c(C([2H])([2H])[2H])c1N([2H])C2=O.[2H]c1cc([2H])c2c(n1)N(C)c1ncc([2H])c(C([2H])([2H])[2H])c1NC2=O.[2H]c1cc([2H])c2c(n1)N(C)c1nccc(C([2H])([2H])[2H])c1N([2H])C2=O.[2H]c1cc([2H])c2c(n1)N(C)c1nccc(C([2H])([2H])[2H])c1NC2=O. The lowest BCUT2D eigenvalue weighted by molar-refractivity contribution is 0.101. The van der Waals surface area contributed by atoms with Crippen LogP contribution in [0.2, 0.25) is 5.65 Å². The molecule has 0 aromatic carbocycles. The number of carbonyl (C=O) groups is 8. The number of aryl methyl sites for hydroxylation is 4. The van der Waals surface area contributed by atoms with Crippen molar-refractivity contribution in [1.29, 1.82) is 0 Å². The van der Waals surface area contributed by atoms with Crippen LogP contribution < -0.4 is 81.7 Å². The van der Waals surface area contributed by atoms with Crippen LogP contribution >= 0.6 is 0 Å². The molecule has 0 spiro atoms. The molecule has 8 amide bonds. The molecule has 16 aromatic heterocycles. The number of rotatable bonds is 0. The first-order valence-electron chi connectivity index (χ1n) is 66.8. The predicted molar refractivity (Wildman–Crippen MR) is 554 cm³/mol. The van der Waals surface area contributed by atoms with Crippen LogP contribution in [0, 0.1) is 54.8 Å². The highest BCUT2D eigenvalue weighted by Crippen LogP contribution is 2.44. The normalized spacial score (nSPS) is 19.6. The minimum absolute atomic E-state index is 0.0105. The van der Waals surface area contributed by atoms with E-state index in [2.05, 4.69) is 101 Å². The third-order valence-corrected chi connectivity index (χ3v) is 20.9. The number of fused-ring (bicyclic) bond motifs is 16. The highest BCUT2D eigenvalue weighted by atomic mass is 16.2. The molecule has 40 heteroatoms. The van der Waals surface area contributed by atoms with Crippen molar-refractivity contribution in [3.63, 3.8) is 0 Å². The highest BCUT2D eigenvalue weighted by Gasteiger charge is 2.35. The first-order chi connectivity index (χ1) is 90.5. The van der Waals surface area contributed by atoms with Gasteiger partial charge in [-0.3, -0.25) is 38.4 Å². The summed E-state index contributed by atoms with van der Waals surface area (Å²) in [5.41, 5.74) is -5.79. The molecular weight excluding hydrogens is 1830 g/mol. The van der Waals surface area contributed by atoms with Crippen molar-refractivity contribution in [2.45, 2.75) is 54.8 Å². The van der Waals surface area contributed by atoms with Gasteiger partial charge in [-0.25, -0.2) is 79.7 Å². The Kier molecular flexibility index (Phi) is 14.6. The van der Waals surface area contributed by atoms with E-state index in [0.29, 0.717) is 15.9 Å². The van der Waals surface area contributed by atoms with Crippen LogP contribution in [0.5, 0.6) is 0 Å². The molecule has 0 aliphatic carbocycles. The smallest absolute Gasteiger partial charge is 0.259 e. The number of nitrogens with one attached hydrogen (secondary N) is 8. The Labute approximate surface area is 900 Å². The van der Waals surface area contributed by atoms with Crippen molar-refractivity contribution in [3.8, 4) is 0 Å². The molecule has 0 atom stereocenters. The highest BCUT2D eigenvalue weighted by molar-refractivity contribution is 6.18. The predicted octanol–water partition coefficient (Wildman–Crippen LogP) is 16.9. The Morgan fingerprint density at radius 1 is 0.194 bits per heavy atom. The van der Waals surface area contributed by atoms with Gasteiger partial charge in [0.15, 0.2) is 52.2 Å². The molecule has 0 radical (unpaired) electrons. The number of hydrogen-bond acceptors (Lipinski definition) is 32. The lowest BCUT2D eigenvalue weighted by Crippen LogP contribution is -2.14. The minimum Gasteiger partial charge on any atom is -0.318 e. The van der Waals surface area contributed by atoms with Crippen molar-refractivity contribution in [1.82, 2.24) is 79.7 Å². The zero-order valence-corrected chi connectivity index (χ0v) is 75.0. The summed E-state index contributed by atoms with van der Waals surface area (Å²) in [5, 5.41) is 11.2. The van der Waals surface area contributed by atoms with E-state index in [9.17, 15) is 38.4 Å². The summed E-state index contributed by atoms with van der Waals surface area (Å²) >= 11 is 0. The maximum absolute atomic E-state index is 12.7. The minimum atomic E-state index is -2.88. The van der Waals surface area contributed by atoms with Crippen LogP contribution in [0.1, 0.15) is 193 Å². The molecule has 144 heavy (non-hydrogen) atoms. The van der Waals surface area contributed by atoms with Crippen molar-refractivity contribution in [2.24, 2.45) is 0 Å². The molecule has 8 aliphatic rings. The third-order valence-electron chi connectivity index (χ3n) is 20.9. The zero-order chi connectivity index (χ0) is 146. The molecule has 40 nitrogen and oxygen atoms in total. The number of carbonyl (C=O) groups excluding carboxylic acids is 8. The van der Waals surface area contributed by atoms with Gasteiger partial charge in [0, 0.05) is 188 Å². The zero-order valence-electron chi connectivity index (χ0n) is 127. The van der Waals surface area contributed by atoms with Gasteiger partial charge in [-0.2, -0.15) is 0 Å². The van der Waals surface area contributed by atoms with E-state index in [1.54, 1.807) is 7.05 Å².